The summed E-state index contributed by atoms with van der Waals surface area (Å²) in [6, 6.07) is 0. The first-order chi connectivity index (χ1) is 7.02. The van der Waals surface area contributed by atoms with E-state index in [4.69, 9.17) is 0 Å². The first-order valence-electron chi connectivity index (χ1n) is 5.90. The molecule has 3 heteroatoms. The van der Waals surface area contributed by atoms with Crippen molar-refractivity contribution in [3.63, 3.8) is 0 Å². The third-order valence-corrected chi connectivity index (χ3v) is 3.99. The van der Waals surface area contributed by atoms with Gasteiger partial charge < -0.3 is 5.32 Å². The molecule has 1 aliphatic rings. The lowest BCUT2D eigenvalue weighted by Crippen LogP contribution is -2.48. The van der Waals surface area contributed by atoms with E-state index in [0.717, 1.165) is 18.2 Å². The van der Waals surface area contributed by atoms with Crippen LogP contribution >= 0.6 is 15.9 Å². The highest BCUT2D eigenvalue weighted by molar-refractivity contribution is 9.09. The fourth-order valence-corrected chi connectivity index (χ4v) is 2.63. The van der Waals surface area contributed by atoms with Crippen molar-refractivity contribution in [2.24, 2.45) is 11.8 Å². The average Bonchev–Trinajstić information content (AvgIpc) is 3.00. The van der Waals surface area contributed by atoms with Gasteiger partial charge in [-0.25, -0.2) is 0 Å². The summed E-state index contributed by atoms with van der Waals surface area (Å²) in [5.41, 5.74) is -0.0380. The van der Waals surface area contributed by atoms with Crippen LogP contribution in [0.3, 0.4) is 0 Å². The highest BCUT2D eigenvalue weighted by Crippen LogP contribution is 2.37. The Balaban J connectivity index is 2.46. The second kappa shape index (κ2) is 5.33. The molecule has 0 aliphatic heterocycles. The van der Waals surface area contributed by atoms with E-state index >= 15 is 0 Å². The lowest BCUT2D eigenvalue weighted by molar-refractivity contribution is -0.127. The number of hydrogen-bond donors (Lipinski definition) is 1. The zero-order valence-corrected chi connectivity index (χ0v) is 11.6. The maximum atomic E-state index is 11.9. The molecular weight excluding hydrogens is 254 g/mol. The van der Waals surface area contributed by atoms with Gasteiger partial charge in [-0.15, -0.1) is 0 Å². The number of rotatable bonds is 6. The van der Waals surface area contributed by atoms with Crippen molar-refractivity contribution in [2.45, 2.75) is 52.0 Å². The molecule has 1 aliphatic carbocycles. The second-order valence-corrected chi connectivity index (χ2v) is 5.76. The van der Waals surface area contributed by atoms with Crippen molar-refractivity contribution in [3.05, 3.63) is 0 Å². The van der Waals surface area contributed by atoms with E-state index in [1.165, 1.54) is 12.8 Å². The van der Waals surface area contributed by atoms with Crippen molar-refractivity contribution in [2.75, 3.05) is 5.33 Å². The second-order valence-electron chi connectivity index (χ2n) is 4.97. The van der Waals surface area contributed by atoms with Gasteiger partial charge in [-0.2, -0.15) is 0 Å². The Labute approximate surface area is 101 Å². The van der Waals surface area contributed by atoms with Gasteiger partial charge in [0.2, 0.25) is 5.91 Å². The Bertz CT molecular complexity index is 228. The molecule has 1 saturated carbocycles. The maximum Gasteiger partial charge on any atom is 0.223 e. The predicted molar refractivity (Wildman–Crippen MR) is 67.1 cm³/mol. The van der Waals surface area contributed by atoms with E-state index in [1.807, 2.05) is 0 Å². The van der Waals surface area contributed by atoms with Gasteiger partial charge in [0.1, 0.15) is 0 Å². The Kier molecular flexibility index (Phi) is 4.63. The lowest BCUT2D eigenvalue weighted by atomic mass is 9.94. The van der Waals surface area contributed by atoms with Crippen molar-refractivity contribution in [1.82, 2.24) is 5.32 Å². The summed E-state index contributed by atoms with van der Waals surface area (Å²) in [4.78, 5) is 11.9. The third kappa shape index (κ3) is 3.78. The highest BCUT2D eigenvalue weighted by Gasteiger charge is 2.35. The highest BCUT2D eigenvalue weighted by atomic mass is 79.9. The molecule has 0 saturated heterocycles. The number of hydrogen-bond acceptors (Lipinski definition) is 1. The summed E-state index contributed by atoms with van der Waals surface area (Å²) in [6.45, 7) is 6.31. The van der Waals surface area contributed by atoms with E-state index in [-0.39, 0.29) is 17.4 Å². The van der Waals surface area contributed by atoms with Crippen molar-refractivity contribution >= 4 is 21.8 Å². The van der Waals surface area contributed by atoms with Gasteiger partial charge >= 0.3 is 0 Å². The normalized spacial score (nSPS) is 21.9. The monoisotopic (exact) mass is 275 g/mol. The molecule has 1 amide bonds. The molecule has 0 aromatic carbocycles. The summed E-state index contributed by atoms with van der Waals surface area (Å²) in [6.07, 6.45) is 4.44. The average molecular weight is 276 g/mol. The molecule has 1 N–H and O–H groups in total. The summed E-state index contributed by atoms with van der Waals surface area (Å²) in [7, 11) is 0. The van der Waals surface area contributed by atoms with Gasteiger partial charge in [0, 0.05) is 16.8 Å². The van der Waals surface area contributed by atoms with Gasteiger partial charge in [-0.05, 0) is 38.5 Å². The standard InChI is InChI=1S/C12H22BrNO/c1-4-12(3,7-8-13)14-11(15)9(2)10-5-6-10/h9-10H,4-8H2,1-3H3,(H,14,15). The molecule has 2 nitrogen and oxygen atoms in total. The molecule has 0 aromatic heterocycles. The molecule has 0 bridgehead atoms. The lowest BCUT2D eigenvalue weighted by Gasteiger charge is -2.30. The van der Waals surface area contributed by atoms with Crippen LogP contribution in [-0.4, -0.2) is 16.8 Å². The molecule has 88 valence electrons. The van der Waals surface area contributed by atoms with E-state index in [9.17, 15) is 4.79 Å². The van der Waals surface area contributed by atoms with Gasteiger partial charge in [-0.3, -0.25) is 4.79 Å². The van der Waals surface area contributed by atoms with Crippen LogP contribution in [0.15, 0.2) is 0 Å². The topological polar surface area (TPSA) is 29.1 Å². The fourth-order valence-electron chi connectivity index (χ4n) is 1.76. The Morgan fingerprint density at radius 3 is 2.60 bits per heavy atom. The van der Waals surface area contributed by atoms with Crippen LogP contribution in [-0.2, 0) is 4.79 Å². The van der Waals surface area contributed by atoms with Crippen LogP contribution in [0.5, 0.6) is 0 Å². The molecule has 2 atom stereocenters. The van der Waals surface area contributed by atoms with Crippen LogP contribution in [0.4, 0.5) is 0 Å². The number of carbonyl (C=O) groups excluding carboxylic acids is 1. The summed E-state index contributed by atoms with van der Waals surface area (Å²) in [5, 5.41) is 4.14. The molecule has 1 rings (SSSR count). The van der Waals surface area contributed by atoms with Gasteiger partial charge in [-0.1, -0.05) is 29.8 Å². The minimum Gasteiger partial charge on any atom is -0.351 e. The van der Waals surface area contributed by atoms with Gasteiger partial charge in [0.25, 0.3) is 0 Å². The number of halogens is 1. The van der Waals surface area contributed by atoms with Crippen LogP contribution in [0, 0.1) is 11.8 Å². The van der Waals surface area contributed by atoms with Crippen LogP contribution in [0.2, 0.25) is 0 Å². The zero-order chi connectivity index (χ0) is 11.5. The molecule has 15 heavy (non-hydrogen) atoms. The number of amides is 1. The number of carbonyl (C=O) groups is 1. The maximum absolute atomic E-state index is 11.9. The molecule has 0 aromatic rings. The molecular formula is C12H22BrNO. The summed E-state index contributed by atoms with van der Waals surface area (Å²) >= 11 is 3.44. The number of alkyl halides is 1. The van der Waals surface area contributed by atoms with E-state index in [1.54, 1.807) is 0 Å². The molecule has 0 radical (unpaired) electrons. The fraction of sp³-hybridized carbons (Fsp3) is 0.917. The van der Waals surface area contributed by atoms with Crippen LogP contribution in [0.1, 0.15) is 46.5 Å². The van der Waals surface area contributed by atoms with Crippen molar-refractivity contribution < 1.29 is 4.79 Å². The third-order valence-electron chi connectivity index (χ3n) is 3.59. The first-order valence-corrected chi connectivity index (χ1v) is 7.02. The smallest absolute Gasteiger partial charge is 0.223 e. The molecule has 0 heterocycles. The summed E-state index contributed by atoms with van der Waals surface area (Å²) < 4.78 is 0. The SMILES string of the molecule is CCC(C)(CCBr)NC(=O)C(C)C1CC1. The molecule has 2 unspecified atom stereocenters. The Morgan fingerprint density at radius 2 is 2.20 bits per heavy atom. The predicted octanol–water partition coefficient (Wildman–Crippen LogP) is 3.10. The van der Waals surface area contributed by atoms with E-state index in [2.05, 4.69) is 42.0 Å². The van der Waals surface area contributed by atoms with Crippen LogP contribution < -0.4 is 5.32 Å². The quantitative estimate of drug-likeness (QED) is 0.742. The summed E-state index contributed by atoms with van der Waals surface area (Å²) in [5.74, 6) is 1.09. The zero-order valence-electron chi connectivity index (χ0n) is 9.98. The van der Waals surface area contributed by atoms with Gasteiger partial charge in [0.05, 0.1) is 0 Å². The van der Waals surface area contributed by atoms with Crippen molar-refractivity contribution in [3.8, 4) is 0 Å². The number of nitrogens with one attached hydrogen (secondary N) is 1. The van der Waals surface area contributed by atoms with Crippen LogP contribution in [0.25, 0.3) is 0 Å². The molecule has 0 spiro atoms. The minimum atomic E-state index is -0.0380. The molecule has 1 fully saturated rings. The largest absolute Gasteiger partial charge is 0.351 e. The minimum absolute atomic E-state index is 0.0380. The Morgan fingerprint density at radius 1 is 1.60 bits per heavy atom. The van der Waals surface area contributed by atoms with Gasteiger partial charge in [0.15, 0.2) is 0 Å². The van der Waals surface area contributed by atoms with E-state index in [0.29, 0.717) is 5.92 Å². The Hall–Kier alpha value is -0.0500. The first kappa shape index (κ1) is 13.0. The van der Waals surface area contributed by atoms with Crippen molar-refractivity contribution in [1.29, 1.82) is 0 Å². The van der Waals surface area contributed by atoms with E-state index < -0.39 is 0 Å².